The molecule has 0 spiro atoms. The molecular weight excluding hydrogens is 424 g/mol. The maximum absolute atomic E-state index is 6.11. The van der Waals surface area contributed by atoms with E-state index in [1.807, 2.05) is 47.3 Å². The molecule has 4 heterocycles. The van der Waals surface area contributed by atoms with Crippen molar-refractivity contribution in [3.05, 3.63) is 72.0 Å². The van der Waals surface area contributed by atoms with Crippen LogP contribution in [0.25, 0.3) is 27.6 Å². The minimum Gasteiger partial charge on any atom is -0.356 e. The van der Waals surface area contributed by atoms with Crippen molar-refractivity contribution >= 4 is 44.9 Å². The number of para-hydroxylation sites is 1. The van der Waals surface area contributed by atoms with Crippen LogP contribution in [0.4, 0.5) is 11.5 Å². The van der Waals surface area contributed by atoms with Gasteiger partial charge in [0.05, 0.1) is 17.2 Å². The molecule has 1 saturated heterocycles. The van der Waals surface area contributed by atoms with Crippen LogP contribution in [0.15, 0.2) is 66.9 Å². The normalized spacial score (nSPS) is 16.6. The van der Waals surface area contributed by atoms with Crippen molar-refractivity contribution in [3.8, 4) is 5.82 Å². The maximum Gasteiger partial charge on any atom is 0.160 e. The zero-order chi connectivity index (χ0) is 21.5. The van der Waals surface area contributed by atoms with Crippen molar-refractivity contribution in [2.24, 2.45) is 0 Å². The van der Waals surface area contributed by atoms with Crippen molar-refractivity contribution in [2.75, 3.05) is 11.9 Å². The van der Waals surface area contributed by atoms with Gasteiger partial charge in [-0.15, -0.1) is 5.10 Å². The number of hydrogen-bond donors (Lipinski definition) is 1. The molecule has 0 radical (unpaired) electrons. The average Bonchev–Trinajstić information content (AvgIpc) is 3.41. The summed E-state index contributed by atoms with van der Waals surface area (Å²) in [4.78, 5) is 4.42. The molecule has 1 fully saturated rings. The molecule has 0 amide bonds. The molecule has 32 heavy (non-hydrogen) atoms. The van der Waals surface area contributed by atoms with Crippen LogP contribution >= 0.6 is 11.6 Å². The van der Waals surface area contributed by atoms with Gasteiger partial charge >= 0.3 is 0 Å². The first-order chi connectivity index (χ1) is 15.8. The van der Waals surface area contributed by atoms with E-state index in [1.165, 1.54) is 6.42 Å². The molecule has 1 aliphatic rings. The van der Waals surface area contributed by atoms with Gasteiger partial charge in [-0.1, -0.05) is 29.8 Å². The topological polar surface area (TPSA) is 69.8 Å². The standard InChI is InChI=1S/C24H21ClN6O/c25-21-8-5-9-22(28-21)30-20-7-2-1-6-18(20)24(29-30)27-17-11-12-19-16(14-17)15-26-31(19)23-10-3-4-13-32-23/h1-2,5-9,11-12,14-15,23H,3-4,10,13H2,(H,27,29). The summed E-state index contributed by atoms with van der Waals surface area (Å²) in [5, 5.41) is 15.4. The van der Waals surface area contributed by atoms with Crippen molar-refractivity contribution in [3.63, 3.8) is 0 Å². The lowest BCUT2D eigenvalue weighted by molar-refractivity contribution is -0.0366. The first-order valence-corrected chi connectivity index (χ1v) is 11.1. The number of fused-ring (bicyclic) bond motifs is 2. The molecule has 1 aliphatic heterocycles. The van der Waals surface area contributed by atoms with Crippen molar-refractivity contribution < 1.29 is 4.74 Å². The van der Waals surface area contributed by atoms with E-state index in [0.29, 0.717) is 11.0 Å². The molecular formula is C24H21ClN6O. The summed E-state index contributed by atoms with van der Waals surface area (Å²) in [6, 6.07) is 19.8. The van der Waals surface area contributed by atoms with E-state index >= 15 is 0 Å². The Balaban J connectivity index is 1.36. The van der Waals surface area contributed by atoms with Crippen LogP contribution < -0.4 is 5.32 Å². The summed E-state index contributed by atoms with van der Waals surface area (Å²) in [6.45, 7) is 0.795. The predicted octanol–water partition coefficient (Wildman–Crippen LogP) is 5.87. The van der Waals surface area contributed by atoms with Gasteiger partial charge in [0.1, 0.15) is 5.15 Å². The van der Waals surface area contributed by atoms with Gasteiger partial charge < -0.3 is 10.1 Å². The molecule has 0 bridgehead atoms. The Morgan fingerprint density at radius 3 is 2.81 bits per heavy atom. The Labute approximate surface area is 189 Å². The van der Waals surface area contributed by atoms with E-state index in [0.717, 1.165) is 52.8 Å². The van der Waals surface area contributed by atoms with Gasteiger partial charge in [-0.3, -0.25) is 0 Å². The summed E-state index contributed by atoms with van der Waals surface area (Å²) in [7, 11) is 0. The molecule has 160 valence electrons. The fourth-order valence-electron chi connectivity index (χ4n) is 4.26. The van der Waals surface area contributed by atoms with Crippen molar-refractivity contribution in [2.45, 2.75) is 25.5 Å². The Morgan fingerprint density at radius 1 is 1.00 bits per heavy atom. The number of nitrogens with zero attached hydrogens (tertiary/aromatic N) is 5. The van der Waals surface area contributed by atoms with Gasteiger partial charge in [0.2, 0.25) is 0 Å². The number of nitrogens with one attached hydrogen (secondary N) is 1. The third-order valence-electron chi connectivity index (χ3n) is 5.79. The van der Waals surface area contributed by atoms with Crippen LogP contribution in [0.5, 0.6) is 0 Å². The Kier molecular flexibility index (Phi) is 4.78. The highest BCUT2D eigenvalue weighted by Crippen LogP contribution is 2.31. The molecule has 6 rings (SSSR count). The SMILES string of the molecule is Clc1cccc(-n2nc(Nc3ccc4c(cnn4C4CCCCO4)c3)c3ccccc32)n1. The van der Waals surface area contributed by atoms with Crippen LogP contribution in [0.3, 0.4) is 0 Å². The fraction of sp³-hybridized carbons (Fsp3) is 0.208. The minimum atomic E-state index is 0.0184. The van der Waals surface area contributed by atoms with Crippen LogP contribution in [-0.4, -0.2) is 31.2 Å². The first-order valence-electron chi connectivity index (χ1n) is 10.7. The molecule has 2 aromatic carbocycles. The summed E-state index contributed by atoms with van der Waals surface area (Å²) in [6.07, 6.45) is 5.20. The number of anilines is 2. The summed E-state index contributed by atoms with van der Waals surface area (Å²) < 4.78 is 9.71. The number of halogens is 1. The van der Waals surface area contributed by atoms with E-state index in [2.05, 4.69) is 33.6 Å². The van der Waals surface area contributed by atoms with Crippen molar-refractivity contribution in [1.82, 2.24) is 24.5 Å². The highest BCUT2D eigenvalue weighted by Gasteiger charge is 2.19. The summed E-state index contributed by atoms with van der Waals surface area (Å²) >= 11 is 6.11. The lowest BCUT2D eigenvalue weighted by atomic mass is 10.2. The van der Waals surface area contributed by atoms with E-state index in [4.69, 9.17) is 21.4 Å². The number of aromatic nitrogens is 5. The zero-order valence-electron chi connectivity index (χ0n) is 17.3. The lowest BCUT2D eigenvalue weighted by Gasteiger charge is -2.23. The van der Waals surface area contributed by atoms with Crippen LogP contribution in [0.1, 0.15) is 25.5 Å². The molecule has 1 N–H and O–H groups in total. The monoisotopic (exact) mass is 444 g/mol. The highest BCUT2D eigenvalue weighted by atomic mass is 35.5. The number of pyridine rings is 1. The quantitative estimate of drug-likeness (QED) is 0.351. The van der Waals surface area contributed by atoms with Gasteiger partial charge in [0.25, 0.3) is 0 Å². The van der Waals surface area contributed by atoms with E-state index in [9.17, 15) is 0 Å². The molecule has 5 aromatic rings. The molecule has 0 saturated carbocycles. The molecule has 1 atom stereocenters. The highest BCUT2D eigenvalue weighted by molar-refractivity contribution is 6.29. The molecule has 1 unspecified atom stereocenters. The average molecular weight is 445 g/mol. The molecule has 8 heteroatoms. The third-order valence-corrected chi connectivity index (χ3v) is 6.00. The lowest BCUT2D eigenvalue weighted by Crippen LogP contribution is -2.18. The van der Waals surface area contributed by atoms with Gasteiger partial charge in [0, 0.05) is 23.1 Å². The summed E-state index contributed by atoms with van der Waals surface area (Å²) in [5.74, 6) is 1.43. The molecule has 7 nitrogen and oxygen atoms in total. The largest absolute Gasteiger partial charge is 0.356 e. The van der Waals surface area contributed by atoms with Crippen LogP contribution in [0.2, 0.25) is 5.15 Å². The predicted molar refractivity (Wildman–Crippen MR) is 126 cm³/mol. The number of hydrogen-bond acceptors (Lipinski definition) is 5. The van der Waals surface area contributed by atoms with E-state index in [-0.39, 0.29) is 6.23 Å². The van der Waals surface area contributed by atoms with Gasteiger partial charge in [-0.05, 0) is 61.7 Å². The Morgan fingerprint density at radius 2 is 1.94 bits per heavy atom. The maximum atomic E-state index is 6.11. The van der Waals surface area contributed by atoms with Crippen LogP contribution in [0, 0.1) is 0 Å². The first kappa shape index (κ1) is 19.3. The molecule has 0 aliphatic carbocycles. The van der Waals surface area contributed by atoms with Crippen LogP contribution in [-0.2, 0) is 4.74 Å². The van der Waals surface area contributed by atoms with Gasteiger partial charge in [0.15, 0.2) is 17.9 Å². The Bertz CT molecular complexity index is 1420. The van der Waals surface area contributed by atoms with Gasteiger partial charge in [-0.25, -0.2) is 14.3 Å². The molecule has 3 aromatic heterocycles. The smallest absolute Gasteiger partial charge is 0.160 e. The number of ether oxygens (including phenoxy) is 1. The third kappa shape index (κ3) is 3.39. The second-order valence-electron chi connectivity index (χ2n) is 7.91. The zero-order valence-corrected chi connectivity index (χ0v) is 18.0. The second-order valence-corrected chi connectivity index (χ2v) is 8.29. The van der Waals surface area contributed by atoms with E-state index in [1.54, 1.807) is 10.7 Å². The van der Waals surface area contributed by atoms with Crippen molar-refractivity contribution in [1.29, 1.82) is 0 Å². The summed E-state index contributed by atoms with van der Waals surface area (Å²) in [5.41, 5.74) is 2.96. The minimum absolute atomic E-state index is 0.0184. The number of benzene rings is 2. The fourth-order valence-corrected chi connectivity index (χ4v) is 4.42. The number of rotatable bonds is 4. The second kappa shape index (κ2) is 7.93. The van der Waals surface area contributed by atoms with E-state index < -0.39 is 0 Å². The van der Waals surface area contributed by atoms with Gasteiger partial charge in [-0.2, -0.15) is 5.10 Å². The Hall–Kier alpha value is -3.42.